The summed E-state index contributed by atoms with van der Waals surface area (Å²) in [5.74, 6) is 8.00. The summed E-state index contributed by atoms with van der Waals surface area (Å²) >= 11 is 13.5. The quantitative estimate of drug-likeness (QED) is 0.562. The van der Waals surface area contributed by atoms with Gasteiger partial charge in [-0.25, -0.2) is 4.68 Å². The molecule has 0 saturated heterocycles. The maximum Gasteiger partial charge on any atom is 0.210 e. The maximum absolute atomic E-state index is 6.16. The van der Waals surface area contributed by atoms with Crippen molar-refractivity contribution in [1.82, 2.24) is 14.9 Å². The second-order valence-corrected chi connectivity index (χ2v) is 6.38. The lowest BCUT2D eigenvalue weighted by Gasteiger charge is -2.05. The Kier molecular flexibility index (Phi) is 4.33. The lowest BCUT2D eigenvalue weighted by atomic mass is 10.2. The molecule has 0 spiro atoms. The number of rotatable bonds is 4. The Hall–Kier alpha value is -1.63. The minimum absolute atomic E-state index is 0.566. The van der Waals surface area contributed by atoms with Crippen LogP contribution in [0.3, 0.4) is 0 Å². The smallest absolute Gasteiger partial charge is 0.210 e. The largest absolute Gasteiger partial charge is 0.469 e. The average molecular weight is 355 g/mol. The number of hydrogen-bond acceptors (Lipinski definition) is 5. The Morgan fingerprint density at radius 3 is 2.77 bits per heavy atom. The molecule has 8 heteroatoms. The second-order valence-electron chi connectivity index (χ2n) is 4.59. The number of nitrogens with zero attached hydrogens (tertiary/aromatic N) is 3. The first kappa shape index (κ1) is 15.3. The van der Waals surface area contributed by atoms with Crippen molar-refractivity contribution in [3.63, 3.8) is 0 Å². The Bertz CT molecular complexity index is 815. The predicted molar refractivity (Wildman–Crippen MR) is 88.6 cm³/mol. The van der Waals surface area contributed by atoms with Crippen LogP contribution in [0.5, 0.6) is 0 Å². The van der Waals surface area contributed by atoms with E-state index in [-0.39, 0.29) is 0 Å². The van der Waals surface area contributed by atoms with Crippen LogP contribution in [0.15, 0.2) is 40.1 Å². The summed E-state index contributed by atoms with van der Waals surface area (Å²) < 4.78 is 6.72. The molecule has 3 rings (SSSR count). The molecule has 1 aromatic carbocycles. The Morgan fingerprint density at radius 2 is 2.09 bits per heavy atom. The number of aromatic nitrogens is 3. The van der Waals surface area contributed by atoms with E-state index in [1.807, 2.05) is 19.1 Å². The van der Waals surface area contributed by atoms with Gasteiger partial charge in [-0.15, -0.1) is 10.2 Å². The van der Waals surface area contributed by atoms with E-state index in [1.54, 1.807) is 18.4 Å². The minimum Gasteiger partial charge on any atom is -0.469 e. The van der Waals surface area contributed by atoms with E-state index in [0.717, 1.165) is 16.9 Å². The van der Waals surface area contributed by atoms with Crippen LogP contribution in [0.1, 0.15) is 11.3 Å². The molecule has 0 amide bonds. The fraction of sp³-hybridized carbons (Fsp3) is 0.143. The number of benzene rings is 1. The molecule has 2 N–H and O–H groups in total. The van der Waals surface area contributed by atoms with Crippen molar-refractivity contribution in [2.24, 2.45) is 0 Å². The zero-order valence-corrected chi connectivity index (χ0v) is 13.9. The van der Waals surface area contributed by atoms with Gasteiger partial charge in [-0.1, -0.05) is 41.0 Å². The summed E-state index contributed by atoms with van der Waals surface area (Å²) in [6.45, 7) is 1.85. The number of thioether (sulfide) groups is 1. The van der Waals surface area contributed by atoms with Gasteiger partial charge in [-0.2, -0.15) is 0 Å². The molecule has 0 saturated carbocycles. The zero-order chi connectivity index (χ0) is 15.7. The molecule has 0 atom stereocenters. The third-order valence-electron chi connectivity index (χ3n) is 3.14. The summed E-state index contributed by atoms with van der Waals surface area (Å²) in [6.07, 6.45) is 1.60. The molecule has 0 bridgehead atoms. The van der Waals surface area contributed by atoms with Crippen LogP contribution in [0, 0.1) is 6.92 Å². The van der Waals surface area contributed by atoms with E-state index in [1.165, 1.54) is 16.4 Å². The van der Waals surface area contributed by atoms with Gasteiger partial charge in [0.15, 0.2) is 5.82 Å². The van der Waals surface area contributed by atoms with E-state index in [2.05, 4.69) is 10.2 Å². The molecule has 0 aliphatic carbocycles. The van der Waals surface area contributed by atoms with Crippen LogP contribution in [0.25, 0.3) is 11.4 Å². The van der Waals surface area contributed by atoms with E-state index in [4.69, 9.17) is 33.5 Å². The number of nitrogens with two attached hydrogens (primary N) is 1. The topological polar surface area (TPSA) is 69.9 Å². The maximum atomic E-state index is 6.16. The third kappa shape index (κ3) is 2.95. The van der Waals surface area contributed by atoms with Crippen molar-refractivity contribution < 1.29 is 4.42 Å². The highest BCUT2D eigenvalue weighted by Gasteiger charge is 2.16. The number of furan rings is 1. The highest BCUT2D eigenvalue weighted by Crippen LogP contribution is 2.29. The molecule has 5 nitrogen and oxygen atoms in total. The van der Waals surface area contributed by atoms with Gasteiger partial charge in [0, 0.05) is 15.8 Å². The van der Waals surface area contributed by atoms with Gasteiger partial charge in [-0.3, -0.25) is 0 Å². The minimum atomic E-state index is 0.566. The summed E-state index contributed by atoms with van der Waals surface area (Å²) in [7, 11) is 0. The molecule has 114 valence electrons. The highest BCUT2D eigenvalue weighted by molar-refractivity contribution is 7.98. The van der Waals surface area contributed by atoms with Gasteiger partial charge in [0.05, 0.1) is 11.8 Å². The molecule has 0 radical (unpaired) electrons. The van der Waals surface area contributed by atoms with Crippen molar-refractivity contribution in [2.45, 2.75) is 17.8 Å². The van der Waals surface area contributed by atoms with Crippen LogP contribution in [0.2, 0.25) is 10.0 Å². The van der Waals surface area contributed by atoms with Gasteiger partial charge in [0.2, 0.25) is 5.16 Å². The van der Waals surface area contributed by atoms with Crippen molar-refractivity contribution >= 4 is 35.0 Å². The fourth-order valence-electron chi connectivity index (χ4n) is 1.96. The van der Waals surface area contributed by atoms with Crippen molar-refractivity contribution in [3.05, 3.63) is 51.9 Å². The fourth-order valence-corrected chi connectivity index (χ4v) is 3.37. The van der Waals surface area contributed by atoms with E-state index < -0.39 is 0 Å². The monoisotopic (exact) mass is 354 g/mol. The van der Waals surface area contributed by atoms with Crippen molar-refractivity contribution in [1.29, 1.82) is 0 Å². The normalized spacial score (nSPS) is 11.0. The molecule has 0 aliphatic rings. The van der Waals surface area contributed by atoms with Crippen LogP contribution >= 0.6 is 35.0 Å². The Morgan fingerprint density at radius 1 is 1.27 bits per heavy atom. The molecule has 2 heterocycles. The van der Waals surface area contributed by atoms with Gasteiger partial charge >= 0.3 is 0 Å². The second kappa shape index (κ2) is 6.24. The molecular weight excluding hydrogens is 343 g/mol. The average Bonchev–Trinajstić information content (AvgIpc) is 3.04. The first-order valence-corrected chi connectivity index (χ1v) is 8.12. The first-order chi connectivity index (χ1) is 10.6. The summed E-state index contributed by atoms with van der Waals surface area (Å²) in [4.78, 5) is 0. The van der Waals surface area contributed by atoms with Crippen LogP contribution in [-0.2, 0) is 5.75 Å². The highest BCUT2D eigenvalue weighted by atomic mass is 35.5. The number of aryl methyl sites for hydroxylation is 1. The molecule has 3 aromatic rings. The zero-order valence-electron chi connectivity index (χ0n) is 11.6. The number of hydrogen-bond donors (Lipinski definition) is 1. The molecule has 0 unspecified atom stereocenters. The van der Waals surface area contributed by atoms with Crippen LogP contribution in [-0.4, -0.2) is 14.9 Å². The van der Waals surface area contributed by atoms with E-state index in [9.17, 15) is 0 Å². The molecule has 0 aliphatic heterocycles. The molecule has 2 aromatic heterocycles. The van der Waals surface area contributed by atoms with E-state index >= 15 is 0 Å². The van der Waals surface area contributed by atoms with Gasteiger partial charge < -0.3 is 10.3 Å². The SMILES string of the molecule is Cc1occc1-c1nnc(SCc2ccc(Cl)cc2Cl)n1N. The van der Waals surface area contributed by atoms with Crippen LogP contribution in [0.4, 0.5) is 0 Å². The molecule has 22 heavy (non-hydrogen) atoms. The molecule has 0 fully saturated rings. The van der Waals surface area contributed by atoms with Crippen molar-refractivity contribution in [2.75, 3.05) is 5.84 Å². The van der Waals surface area contributed by atoms with Crippen molar-refractivity contribution in [3.8, 4) is 11.4 Å². The Labute approximate surface area is 141 Å². The van der Waals surface area contributed by atoms with Gasteiger partial charge in [0.25, 0.3) is 0 Å². The van der Waals surface area contributed by atoms with Gasteiger partial charge in [-0.05, 0) is 30.7 Å². The summed E-state index contributed by atoms with van der Waals surface area (Å²) in [6, 6.07) is 7.21. The summed E-state index contributed by atoms with van der Waals surface area (Å²) in [5.41, 5.74) is 1.78. The predicted octanol–water partition coefficient (Wildman–Crippen LogP) is 4.16. The lowest BCUT2D eigenvalue weighted by Crippen LogP contribution is -2.11. The lowest BCUT2D eigenvalue weighted by molar-refractivity contribution is 0.535. The van der Waals surface area contributed by atoms with E-state index in [0.29, 0.717) is 26.8 Å². The first-order valence-electron chi connectivity index (χ1n) is 6.38. The standard InChI is InChI=1S/C14H12Cl2N4OS/c1-8-11(4-5-21-8)13-18-19-14(20(13)17)22-7-9-2-3-10(15)6-12(9)16/h2-6H,7,17H2,1H3. The number of halogens is 2. The molecular formula is C14H12Cl2N4OS. The van der Waals surface area contributed by atoms with Crippen LogP contribution < -0.4 is 5.84 Å². The summed E-state index contributed by atoms with van der Waals surface area (Å²) in [5, 5.41) is 10.1. The Balaban J connectivity index is 1.79. The number of nitrogen functional groups attached to an aromatic ring is 1. The third-order valence-corrected chi connectivity index (χ3v) is 4.71. The van der Waals surface area contributed by atoms with Gasteiger partial charge in [0.1, 0.15) is 5.76 Å².